The molecule has 2 heterocycles. The first-order chi connectivity index (χ1) is 12.3. The van der Waals surface area contributed by atoms with Crippen molar-refractivity contribution in [2.75, 3.05) is 45.8 Å². The van der Waals surface area contributed by atoms with E-state index in [0.717, 1.165) is 18.9 Å². The van der Waals surface area contributed by atoms with Crippen LogP contribution in [0.15, 0.2) is 24.3 Å². The summed E-state index contributed by atoms with van der Waals surface area (Å²) >= 11 is 0. The van der Waals surface area contributed by atoms with Gasteiger partial charge in [0, 0.05) is 58.4 Å². The molecule has 0 N–H and O–H groups in total. The van der Waals surface area contributed by atoms with Gasteiger partial charge in [-0.25, -0.2) is 0 Å². The largest absolute Gasteiger partial charge is 0.300 e. The summed E-state index contributed by atoms with van der Waals surface area (Å²) in [6, 6.07) is 10.0. The van der Waals surface area contributed by atoms with E-state index in [9.17, 15) is 0 Å². The van der Waals surface area contributed by atoms with Crippen LogP contribution in [0.4, 0.5) is 0 Å². The van der Waals surface area contributed by atoms with Crippen LogP contribution >= 0.6 is 0 Å². The first-order valence-corrected chi connectivity index (χ1v) is 10.5. The van der Waals surface area contributed by atoms with Crippen LogP contribution < -0.4 is 0 Å². The molecule has 0 unspecified atom stereocenters. The van der Waals surface area contributed by atoms with E-state index >= 15 is 0 Å². The molecule has 3 heteroatoms. The summed E-state index contributed by atoms with van der Waals surface area (Å²) in [4.78, 5) is 7.89. The van der Waals surface area contributed by atoms with Gasteiger partial charge < -0.3 is 4.90 Å². The molecule has 2 aliphatic heterocycles. The van der Waals surface area contributed by atoms with E-state index in [-0.39, 0.29) is 0 Å². The van der Waals surface area contributed by atoms with Crippen molar-refractivity contribution in [3.8, 4) is 0 Å². The lowest BCUT2D eigenvalue weighted by atomic mass is 9.88. The van der Waals surface area contributed by atoms with Crippen LogP contribution in [0.3, 0.4) is 0 Å². The Morgan fingerprint density at radius 2 is 1.46 bits per heavy atom. The van der Waals surface area contributed by atoms with Gasteiger partial charge in [-0.1, -0.05) is 45.0 Å². The average molecular weight is 358 g/mol. The lowest BCUT2D eigenvalue weighted by Crippen LogP contribution is -2.55. The number of benzene rings is 1. The molecule has 1 aromatic carbocycles. The molecule has 3 rings (SSSR count). The van der Waals surface area contributed by atoms with E-state index < -0.39 is 0 Å². The first-order valence-electron chi connectivity index (χ1n) is 10.5. The van der Waals surface area contributed by atoms with Gasteiger partial charge in [0.05, 0.1) is 0 Å². The zero-order valence-corrected chi connectivity index (χ0v) is 17.7. The molecule has 2 aliphatic rings. The van der Waals surface area contributed by atoms with Crippen molar-refractivity contribution in [1.82, 2.24) is 14.7 Å². The quantitative estimate of drug-likeness (QED) is 0.768. The third-order valence-electron chi connectivity index (χ3n) is 5.85. The Labute approximate surface area is 161 Å². The molecule has 0 aromatic heterocycles. The highest BCUT2D eigenvalue weighted by atomic mass is 15.3. The molecule has 1 aromatic rings. The standard InChI is InChI=1S/C23H39N3/c1-19(2)26-12-10-24(11-13-26)16-22-17-25(18-22)15-21-8-6-20(7-9-21)14-23(3,4)5/h6-9,19,22H,10-18H2,1-5H3. The minimum absolute atomic E-state index is 0.368. The van der Waals surface area contributed by atoms with Gasteiger partial charge in [-0.05, 0) is 42.7 Å². The third-order valence-corrected chi connectivity index (χ3v) is 5.85. The molecule has 26 heavy (non-hydrogen) atoms. The van der Waals surface area contributed by atoms with Gasteiger partial charge in [0.2, 0.25) is 0 Å². The zero-order valence-electron chi connectivity index (χ0n) is 17.7. The Kier molecular flexibility index (Phi) is 6.42. The molecule has 0 spiro atoms. The number of rotatable bonds is 6. The van der Waals surface area contributed by atoms with Gasteiger partial charge >= 0.3 is 0 Å². The Morgan fingerprint density at radius 3 is 2.00 bits per heavy atom. The second-order valence-corrected chi connectivity index (χ2v) is 10.0. The fourth-order valence-electron chi connectivity index (χ4n) is 4.38. The minimum atomic E-state index is 0.368. The number of likely N-dealkylation sites (tertiary alicyclic amines) is 1. The normalized spacial score (nSPS) is 21.3. The second-order valence-electron chi connectivity index (χ2n) is 10.0. The SMILES string of the molecule is CC(C)N1CCN(CC2CN(Cc3ccc(CC(C)(C)C)cc3)C2)CC1. The number of nitrogens with zero attached hydrogens (tertiary/aromatic N) is 3. The first kappa shape index (κ1) is 19.9. The molecule has 0 saturated carbocycles. The highest BCUT2D eigenvalue weighted by Gasteiger charge is 2.29. The summed E-state index contributed by atoms with van der Waals surface area (Å²) in [6.45, 7) is 21.5. The zero-order chi connectivity index (χ0) is 18.7. The Morgan fingerprint density at radius 1 is 0.885 bits per heavy atom. The smallest absolute Gasteiger partial charge is 0.0234 e. The van der Waals surface area contributed by atoms with E-state index in [0.29, 0.717) is 11.5 Å². The lowest BCUT2D eigenvalue weighted by molar-refractivity contribution is 0.0369. The Hall–Kier alpha value is -0.900. The molecule has 0 atom stereocenters. The van der Waals surface area contributed by atoms with Gasteiger partial charge in [0.1, 0.15) is 0 Å². The van der Waals surface area contributed by atoms with E-state index in [1.807, 2.05) is 0 Å². The van der Waals surface area contributed by atoms with Crippen molar-refractivity contribution in [3.63, 3.8) is 0 Å². The second kappa shape index (κ2) is 8.41. The summed E-state index contributed by atoms with van der Waals surface area (Å²) in [5, 5.41) is 0. The number of hydrogen-bond acceptors (Lipinski definition) is 3. The molecule has 146 valence electrons. The topological polar surface area (TPSA) is 9.72 Å². The number of piperazine rings is 1. The maximum atomic E-state index is 2.68. The van der Waals surface area contributed by atoms with E-state index in [2.05, 4.69) is 73.6 Å². The molecule has 3 nitrogen and oxygen atoms in total. The van der Waals surface area contributed by atoms with Crippen molar-refractivity contribution in [2.24, 2.45) is 11.3 Å². The summed E-state index contributed by atoms with van der Waals surface area (Å²) in [7, 11) is 0. The molecule has 0 radical (unpaired) electrons. The van der Waals surface area contributed by atoms with Crippen LogP contribution in [0.1, 0.15) is 45.7 Å². The predicted molar refractivity (Wildman–Crippen MR) is 112 cm³/mol. The van der Waals surface area contributed by atoms with Crippen molar-refractivity contribution in [1.29, 1.82) is 0 Å². The summed E-state index contributed by atoms with van der Waals surface area (Å²) in [5.41, 5.74) is 3.29. The van der Waals surface area contributed by atoms with E-state index in [4.69, 9.17) is 0 Å². The highest BCUT2D eigenvalue weighted by molar-refractivity contribution is 5.23. The molecule has 0 amide bonds. The molecule has 2 saturated heterocycles. The van der Waals surface area contributed by atoms with Crippen LogP contribution in [0.2, 0.25) is 0 Å². The molecule has 0 aliphatic carbocycles. The molecular formula is C23H39N3. The Bertz CT molecular complexity index is 544. The third kappa shape index (κ3) is 5.80. The van der Waals surface area contributed by atoms with Gasteiger partial charge in [-0.15, -0.1) is 0 Å². The predicted octanol–water partition coefficient (Wildman–Crippen LogP) is 3.73. The fraction of sp³-hybridized carbons (Fsp3) is 0.739. The molecule has 0 bridgehead atoms. The van der Waals surface area contributed by atoms with Crippen molar-refractivity contribution in [2.45, 2.75) is 53.6 Å². The number of hydrogen-bond donors (Lipinski definition) is 0. The molecule has 2 fully saturated rings. The van der Waals surface area contributed by atoms with E-state index in [1.165, 1.54) is 56.9 Å². The van der Waals surface area contributed by atoms with E-state index in [1.54, 1.807) is 0 Å². The van der Waals surface area contributed by atoms with Crippen molar-refractivity contribution < 1.29 is 0 Å². The summed E-state index contributed by atoms with van der Waals surface area (Å²) in [5.74, 6) is 0.876. The lowest BCUT2D eigenvalue weighted by Gasteiger charge is -2.44. The highest BCUT2D eigenvalue weighted by Crippen LogP contribution is 2.23. The van der Waals surface area contributed by atoms with Crippen LogP contribution in [0.25, 0.3) is 0 Å². The van der Waals surface area contributed by atoms with Gasteiger partial charge in [-0.2, -0.15) is 0 Å². The van der Waals surface area contributed by atoms with Crippen LogP contribution in [-0.4, -0.2) is 66.6 Å². The Balaban J connectivity index is 1.35. The van der Waals surface area contributed by atoms with Crippen LogP contribution in [0.5, 0.6) is 0 Å². The maximum Gasteiger partial charge on any atom is 0.0234 e. The van der Waals surface area contributed by atoms with Gasteiger partial charge in [0.25, 0.3) is 0 Å². The average Bonchev–Trinajstić information content (AvgIpc) is 2.53. The van der Waals surface area contributed by atoms with Gasteiger partial charge in [-0.3, -0.25) is 9.80 Å². The van der Waals surface area contributed by atoms with Crippen LogP contribution in [-0.2, 0) is 13.0 Å². The van der Waals surface area contributed by atoms with Crippen molar-refractivity contribution in [3.05, 3.63) is 35.4 Å². The fourth-order valence-corrected chi connectivity index (χ4v) is 4.38. The maximum absolute atomic E-state index is 2.68. The van der Waals surface area contributed by atoms with Gasteiger partial charge in [0.15, 0.2) is 0 Å². The monoisotopic (exact) mass is 357 g/mol. The van der Waals surface area contributed by atoms with Crippen molar-refractivity contribution >= 4 is 0 Å². The summed E-state index contributed by atoms with van der Waals surface area (Å²) in [6.07, 6.45) is 1.16. The summed E-state index contributed by atoms with van der Waals surface area (Å²) < 4.78 is 0. The van der Waals surface area contributed by atoms with Crippen LogP contribution in [0, 0.1) is 11.3 Å². The minimum Gasteiger partial charge on any atom is -0.300 e. The molecular weight excluding hydrogens is 318 g/mol.